The molecule has 0 amide bonds. The molecule has 1 saturated heterocycles. The van der Waals surface area contributed by atoms with Crippen LogP contribution in [0.2, 0.25) is 4.34 Å². The minimum absolute atomic E-state index is 0.0353. The lowest BCUT2D eigenvalue weighted by Crippen LogP contribution is -2.58. The van der Waals surface area contributed by atoms with E-state index in [1.807, 2.05) is 6.07 Å². The molecule has 0 radical (unpaired) electrons. The summed E-state index contributed by atoms with van der Waals surface area (Å²) in [5.74, 6) is 0. The second-order valence-electron chi connectivity index (χ2n) is 5.66. The average molecular weight is 303 g/mol. The van der Waals surface area contributed by atoms with Crippen LogP contribution in [0.25, 0.3) is 0 Å². The molecule has 2 unspecified atom stereocenters. The van der Waals surface area contributed by atoms with Crippen molar-refractivity contribution in [3.8, 4) is 0 Å². The van der Waals surface area contributed by atoms with E-state index in [1.54, 1.807) is 11.3 Å². The van der Waals surface area contributed by atoms with Crippen molar-refractivity contribution in [1.82, 2.24) is 4.90 Å². The van der Waals surface area contributed by atoms with Crippen molar-refractivity contribution in [2.45, 2.75) is 51.0 Å². The van der Waals surface area contributed by atoms with Crippen LogP contribution in [0.5, 0.6) is 0 Å². The molecule has 2 rings (SSSR count). The summed E-state index contributed by atoms with van der Waals surface area (Å²) < 4.78 is 6.69. The first-order valence-corrected chi connectivity index (χ1v) is 7.95. The van der Waals surface area contributed by atoms with E-state index in [9.17, 15) is 0 Å². The molecular formula is C14H23ClN2OS. The Kier molecular flexibility index (Phi) is 4.90. The van der Waals surface area contributed by atoms with Gasteiger partial charge in [-0.05, 0) is 45.9 Å². The molecule has 0 aromatic carbocycles. The zero-order valence-corrected chi connectivity index (χ0v) is 13.4. The van der Waals surface area contributed by atoms with Crippen molar-refractivity contribution in [3.05, 3.63) is 21.3 Å². The first-order valence-electron chi connectivity index (χ1n) is 6.76. The van der Waals surface area contributed by atoms with Crippen molar-refractivity contribution < 1.29 is 4.74 Å². The van der Waals surface area contributed by atoms with Gasteiger partial charge in [-0.3, -0.25) is 4.90 Å². The molecule has 2 atom stereocenters. The standard InChI is InChI=1S/C14H23ClN2OS/c1-10-6-14(9-16,7-11(2)18-10)17(3)8-12-4-5-13(15)19-12/h4-5,10-11H,6-9,16H2,1-3H3. The summed E-state index contributed by atoms with van der Waals surface area (Å²) in [6.07, 6.45) is 2.51. The van der Waals surface area contributed by atoms with Crippen molar-refractivity contribution >= 4 is 22.9 Å². The number of nitrogens with two attached hydrogens (primary N) is 1. The maximum Gasteiger partial charge on any atom is 0.0931 e. The maximum atomic E-state index is 6.10. The molecule has 1 aliphatic heterocycles. The van der Waals surface area contributed by atoms with Gasteiger partial charge in [0.15, 0.2) is 0 Å². The van der Waals surface area contributed by atoms with Gasteiger partial charge < -0.3 is 10.5 Å². The van der Waals surface area contributed by atoms with Crippen LogP contribution in [0, 0.1) is 0 Å². The first-order chi connectivity index (χ1) is 8.95. The van der Waals surface area contributed by atoms with Crippen LogP contribution in [-0.2, 0) is 11.3 Å². The lowest BCUT2D eigenvalue weighted by Gasteiger charge is -2.48. The largest absolute Gasteiger partial charge is 0.375 e. The van der Waals surface area contributed by atoms with Gasteiger partial charge in [-0.15, -0.1) is 11.3 Å². The molecule has 2 heterocycles. The summed E-state index contributed by atoms with van der Waals surface area (Å²) in [5, 5.41) is 0. The Hall–Kier alpha value is -0.130. The molecule has 1 aromatic heterocycles. The van der Waals surface area contributed by atoms with Crippen LogP contribution >= 0.6 is 22.9 Å². The molecule has 2 N–H and O–H groups in total. The van der Waals surface area contributed by atoms with E-state index >= 15 is 0 Å². The predicted molar refractivity (Wildman–Crippen MR) is 81.8 cm³/mol. The summed E-state index contributed by atoms with van der Waals surface area (Å²) >= 11 is 7.64. The van der Waals surface area contributed by atoms with E-state index in [0.29, 0.717) is 6.54 Å². The maximum absolute atomic E-state index is 6.10. The van der Waals surface area contributed by atoms with E-state index in [1.165, 1.54) is 4.88 Å². The SMILES string of the molecule is CC1CC(CN)(N(C)Cc2ccc(Cl)s2)CC(C)O1. The van der Waals surface area contributed by atoms with Gasteiger partial charge in [0.2, 0.25) is 0 Å². The fourth-order valence-corrected chi connectivity index (χ4v) is 4.26. The third-order valence-electron chi connectivity index (χ3n) is 4.01. The van der Waals surface area contributed by atoms with Gasteiger partial charge in [0, 0.05) is 23.5 Å². The van der Waals surface area contributed by atoms with Crippen molar-refractivity contribution in [1.29, 1.82) is 0 Å². The number of halogens is 1. The fourth-order valence-electron chi connectivity index (χ4n) is 3.12. The van der Waals surface area contributed by atoms with E-state index in [4.69, 9.17) is 22.1 Å². The molecule has 1 fully saturated rings. The van der Waals surface area contributed by atoms with Crippen LogP contribution < -0.4 is 5.73 Å². The Morgan fingerprint density at radius 1 is 1.42 bits per heavy atom. The number of thiophene rings is 1. The second kappa shape index (κ2) is 6.10. The van der Waals surface area contributed by atoms with Crippen LogP contribution in [0.15, 0.2) is 12.1 Å². The summed E-state index contributed by atoms with van der Waals surface area (Å²) in [6, 6.07) is 4.06. The van der Waals surface area contributed by atoms with Crippen molar-refractivity contribution in [2.75, 3.05) is 13.6 Å². The smallest absolute Gasteiger partial charge is 0.0931 e. The van der Waals surface area contributed by atoms with Gasteiger partial charge in [0.1, 0.15) is 0 Å². The van der Waals surface area contributed by atoms with Gasteiger partial charge in [-0.2, -0.15) is 0 Å². The average Bonchev–Trinajstić information content (AvgIpc) is 2.73. The molecule has 1 aliphatic rings. The Morgan fingerprint density at radius 2 is 2.05 bits per heavy atom. The normalized spacial score (nSPS) is 31.9. The molecule has 108 valence electrons. The minimum Gasteiger partial charge on any atom is -0.375 e. The highest BCUT2D eigenvalue weighted by atomic mass is 35.5. The molecule has 0 aliphatic carbocycles. The summed E-state index contributed by atoms with van der Waals surface area (Å²) in [5.41, 5.74) is 6.14. The molecule has 5 heteroatoms. The third-order valence-corrected chi connectivity index (χ3v) is 5.23. The minimum atomic E-state index is 0.0353. The predicted octanol–water partition coefficient (Wildman–Crippen LogP) is 3.12. The summed E-state index contributed by atoms with van der Waals surface area (Å²) in [4.78, 5) is 3.66. The van der Waals surface area contributed by atoms with Gasteiger partial charge >= 0.3 is 0 Å². The molecule has 0 saturated carbocycles. The topological polar surface area (TPSA) is 38.5 Å². The highest BCUT2D eigenvalue weighted by Gasteiger charge is 2.40. The van der Waals surface area contributed by atoms with Gasteiger partial charge in [0.05, 0.1) is 16.5 Å². The number of likely N-dealkylation sites (N-methyl/N-ethyl adjacent to an activating group) is 1. The Bertz CT molecular complexity index is 413. The molecule has 0 spiro atoms. The van der Waals surface area contributed by atoms with E-state index < -0.39 is 0 Å². The van der Waals surface area contributed by atoms with Crippen molar-refractivity contribution in [2.24, 2.45) is 5.73 Å². The highest BCUT2D eigenvalue weighted by Crippen LogP contribution is 2.34. The van der Waals surface area contributed by atoms with Gasteiger partial charge in [-0.25, -0.2) is 0 Å². The van der Waals surface area contributed by atoms with Crippen LogP contribution in [0.3, 0.4) is 0 Å². The summed E-state index contributed by atoms with van der Waals surface area (Å²) in [7, 11) is 2.16. The van der Waals surface area contributed by atoms with Crippen LogP contribution in [0.1, 0.15) is 31.6 Å². The number of hydrogen-bond donors (Lipinski definition) is 1. The quantitative estimate of drug-likeness (QED) is 0.929. The first kappa shape index (κ1) is 15.3. The van der Waals surface area contributed by atoms with Crippen LogP contribution in [-0.4, -0.2) is 36.2 Å². The molecule has 0 bridgehead atoms. The van der Waals surface area contributed by atoms with Crippen LogP contribution in [0.4, 0.5) is 0 Å². The van der Waals surface area contributed by atoms with E-state index in [2.05, 4.69) is 31.9 Å². The monoisotopic (exact) mass is 302 g/mol. The Balaban J connectivity index is 2.11. The zero-order valence-electron chi connectivity index (χ0n) is 11.9. The number of nitrogens with zero attached hydrogens (tertiary/aromatic N) is 1. The number of ether oxygens (including phenoxy) is 1. The number of rotatable bonds is 4. The lowest BCUT2D eigenvalue weighted by molar-refractivity contribution is -0.0992. The lowest BCUT2D eigenvalue weighted by atomic mass is 9.82. The number of hydrogen-bond acceptors (Lipinski definition) is 4. The zero-order chi connectivity index (χ0) is 14.0. The van der Waals surface area contributed by atoms with Crippen molar-refractivity contribution in [3.63, 3.8) is 0 Å². The Morgan fingerprint density at radius 3 is 2.53 bits per heavy atom. The van der Waals surface area contributed by atoms with E-state index in [-0.39, 0.29) is 17.7 Å². The van der Waals surface area contributed by atoms with Gasteiger partial charge in [-0.1, -0.05) is 11.6 Å². The molecular weight excluding hydrogens is 280 g/mol. The Labute approximate surface area is 124 Å². The molecule has 3 nitrogen and oxygen atoms in total. The highest BCUT2D eigenvalue weighted by molar-refractivity contribution is 7.16. The third kappa shape index (κ3) is 3.50. The fraction of sp³-hybridized carbons (Fsp3) is 0.714. The van der Waals surface area contributed by atoms with E-state index in [0.717, 1.165) is 23.7 Å². The second-order valence-corrected chi connectivity index (χ2v) is 7.46. The van der Waals surface area contributed by atoms with Gasteiger partial charge in [0.25, 0.3) is 0 Å². The summed E-state index contributed by atoms with van der Waals surface area (Å²) in [6.45, 7) is 5.83. The molecule has 19 heavy (non-hydrogen) atoms. The molecule has 1 aromatic rings.